The maximum atomic E-state index is 13.7. The molecular weight excluding hydrogens is 461 g/mol. The zero-order valence-electron chi connectivity index (χ0n) is 19.6. The molecule has 0 bridgehead atoms. The number of hydrogen-bond donors (Lipinski definition) is 4. The summed E-state index contributed by atoms with van der Waals surface area (Å²) in [5.74, 6) is -11.0. The Kier molecular flexibility index (Phi) is 6.05. The summed E-state index contributed by atoms with van der Waals surface area (Å²) >= 11 is 0. The number of rotatable bonds is 5. The van der Waals surface area contributed by atoms with Crippen molar-refractivity contribution in [1.29, 1.82) is 0 Å². The predicted octanol–water partition coefficient (Wildman–Crippen LogP) is -0.363. The number of nitrogens with one attached hydrogen (secondary N) is 1. The lowest BCUT2D eigenvalue weighted by molar-refractivity contribution is -0.181. The van der Waals surface area contributed by atoms with E-state index in [1.54, 1.807) is 6.92 Å². The summed E-state index contributed by atoms with van der Waals surface area (Å²) < 4.78 is 13.1. The fourth-order valence-corrected chi connectivity index (χ4v) is 6.04. The van der Waals surface area contributed by atoms with Crippen LogP contribution < -0.4 is 11.1 Å². The highest BCUT2D eigenvalue weighted by atomic mass is 19.1. The normalized spacial score (nSPS) is 33.1. The van der Waals surface area contributed by atoms with Crippen LogP contribution in [0.15, 0.2) is 12.1 Å². The van der Waals surface area contributed by atoms with E-state index in [1.807, 2.05) is 0 Å². The third kappa shape index (κ3) is 3.48. The van der Waals surface area contributed by atoms with E-state index in [9.17, 15) is 38.6 Å². The van der Waals surface area contributed by atoms with E-state index in [4.69, 9.17) is 5.73 Å². The van der Waals surface area contributed by atoms with Crippen LogP contribution in [-0.2, 0) is 25.6 Å². The first kappa shape index (κ1) is 24.9. The third-order valence-corrected chi connectivity index (χ3v) is 7.58. The number of phenols is 1. The Morgan fingerprint density at radius 3 is 2.49 bits per heavy atom. The molecule has 11 heteroatoms. The Labute approximate surface area is 200 Å². The summed E-state index contributed by atoms with van der Waals surface area (Å²) in [5.41, 5.74) is 3.23. The number of amides is 1. The van der Waals surface area contributed by atoms with Crippen molar-refractivity contribution >= 4 is 34.7 Å². The maximum Gasteiger partial charge on any atom is 0.235 e. The highest BCUT2D eigenvalue weighted by molar-refractivity contribution is 6.32. The van der Waals surface area contributed by atoms with Gasteiger partial charge in [-0.2, -0.15) is 0 Å². The summed E-state index contributed by atoms with van der Waals surface area (Å²) in [7, 11) is 3.04. The number of aliphatic hydroxyl groups is 1. The van der Waals surface area contributed by atoms with Crippen LogP contribution in [0.3, 0.4) is 0 Å². The van der Waals surface area contributed by atoms with Crippen LogP contribution in [0.4, 0.5) is 10.1 Å². The molecule has 1 aromatic rings. The standard InChI is InChI=1S/C24H28FN3O7/c1-9(8-25)27-13-4-5-14(29)16-11(13)6-10-7-12-18(28(2)3)20(31)17(23(26)34)22(33)24(12,35)21(32)15(10)19(16)30/h4-5,9-10,12,15,17-18,27,29,35H,6-8H2,1-3H3,(H2,26,34)/t9?,10-,12-,15?,17?,18?,24-/m1/s1. The van der Waals surface area contributed by atoms with Gasteiger partial charge in [0.25, 0.3) is 0 Å². The molecule has 2 saturated carbocycles. The van der Waals surface area contributed by atoms with E-state index < -0.39 is 77.1 Å². The maximum absolute atomic E-state index is 13.7. The van der Waals surface area contributed by atoms with Crippen LogP contribution >= 0.6 is 0 Å². The van der Waals surface area contributed by atoms with Crippen molar-refractivity contribution < 1.29 is 38.6 Å². The van der Waals surface area contributed by atoms with E-state index in [2.05, 4.69) is 5.32 Å². The molecule has 7 atom stereocenters. The first-order valence-corrected chi connectivity index (χ1v) is 11.4. The number of nitrogens with zero attached hydrogens (tertiary/aromatic N) is 1. The quantitative estimate of drug-likeness (QED) is 0.319. The van der Waals surface area contributed by atoms with Crippen molar-refractivity contribution in [1.82, 2.24) is 4.90 Å². The summed E-state index contributed by atoms with van der Waals surface area (Å²) in [4.78, 5) is 66.9. The molecule has 0 saturated heterocycles. The number of fused-ring (bicyclic) bond motifs is 3. The molecule has 0 spiro atoms. The molecule has 1 aromatic carbocycles. The minimum absolute atomic E-state index is 0.0440. The second kappa shape index (κ2) is 8.49. The lowest BCUT2D eigenvalue weighted by Gasteiger charge is -2.52. The van der Waals surface area contributed by atoms with Crippen LogP contribution in [0.5, 0.6) is 5.75 Å². The molecule has 0 radical (unpaired) electrons. The SMILES string of the molecule is CC(CF)Nc1ccc(O)c2c1C[C@@H]1C[C@@H]3C(N(C)C)C(=O)C(C(N)=O)C(=O)[C@]3(O)C(=O)C1C2=O. The minimum Gasteiger partial charge on any atom is -0.507 e. The summed E-state index contributed by atoms with van der Waals surface area (Å²) in [6, 6.07) is 1.03. The van der Waals surface area contributed by atoms with Gasteiger partial charge in [-0.15, -0.1) is 0 Å². The number of phenolic OH excluding ortho intramolecular Hbond substituents is 1. The molecule has 3 aliphatic carbocycles. The van der Waals surface area contributed by atoms with Crippen molar-refractivity contribution in [2.75, 3.05) is 26.1 Å². The molecule has 188 valence electrons. The van der Waals surface area contributed by atoms with Crippen molar-refractivity contribution in [3.05, 3.63) is 23.3 Å². The number of hydrogen-bond acceptors (Lipinski definition) is 9. The van der Waals surface area contributed by atoms with Crippen LogP contribution in [0, 0.1) is 23.7 Å². The van der Waals surface area contributed by atoms with E-state index in [-0.39, 0.29) is 24.2 Å². The first-order chi connectivity index (χ1) is 16.4. The molecule has 1 amide bonds. The van der Waals surface area contributed by atoms with Gasteiger partial charge in [0.05, 0.1) is 23.6 Å². The number of aromatic hydroxyl groups is 1. The van der Waals surface area contributed by atoms with E-state index in [0.29, 0.717) is 11.3 Å². The fraction of sp³-hybridized carbons (Fsp3) is 0.542. The number of alkyl halides is 1. The number of Topliss-reactive ketones (excluding diaryl/α,β-unsaturated/α-hetero) is 4. The predicted molar refractivity (Wildman–Crippen MR) is 120 cm³/mol. The van der Waals surface area contributed by atoms with Crippen molar-refractivity contribution in [3.8, 4) is 5.75 Å². The van der Waals surface area contributed by atoms with E-state index in [0.717, 1.165) is 0 Å². The Hall–Kier alpha value is -3.18. The number of likely N-dealkylation sites (N-methyl/N-ethyl adjacent to an activating group) is 1. The molecule has 0 heterocycles. The number of primary amides is 1. The molecular formula is C24H28FN3O7. The minimum atomic E-state index is -2.76. The van der Waals surface area contributed by atoms with Crippen LogP contribution in [0.25, 0.3) is 0 Å². The Morgan fingerprint density at radius 2 is 1.91 bits per heavy atom. The Morgan fingerprint density at radius 1 is 1.26 bits per heavy atom. The zero-order chi connectivity index (χ0) is 26.0. The third-order valence-electron chi connectivity index (χ3n) is 7.58. The molecule has 4 rings (SSSR count). The smallest absolute Gasteiger partial charge is 0.235 e. The number of halogens is 1. The van der Waals surface area contributed by atoms with Gasteiger partial charge in [0.2, 0.25) is 5.91 Å². The molecule has 0 aromatic heterocycles. The number of carbonyl (C=O) groups excluding carboxylic acids is 5. The molecule has 0 aliphatic heterocycles. The molecule has 2 fully saturated rings. The number of carbonyl (C=O) groups is 5. The summed E-state index contributed by atoms with van der Waals surface area (Å²) in [5, 5.41) is 24.9. The number of nitrogens with two attached hydrogens (primary N) is 1. The Bertz CT molecular complexity index is 1150. The van der Waals surface area contributed by atoms with Gasteiger partial charge in [0.1, 0.15) is 12.4 Å². The van der Waals surface area contributed by atoms with Gasteiger partial charge in [-0.05, 0) is 57.5 Å². The van der Waals surface area contributed by atoms with Gasteiger partial charge < -0.3 is 21.3 Å². The second-order valence-corrected chi connectivity index (χ2v) is 9.97. The summed E-state index contributed by atoms with van der Waals surface area (Å²) in [6.07, 6.45) is 0.0687. The first-order valence-electron chi connectivity index (χ1n) is 11.4. The number of benzene rings is 1. The van der Waals surface area contributed by atoms with Crippen LogP contribution in [-0.4, -0.2) is 82.6 Å². The zero-order valence-corrected chi connectivity index (χ0v) is 19.6. The van der Waals surface area contributed by atoms with E-state index in [1.165, 1.54) is 31.1 Å². The fourth-order valence-electron chi connectivity index (χ4n) is 6.04. The molecule has 5 N–H and O–H groups in total. The van der Waals surface area contributed by atoms with Crippen LogP contribution in [0.1, 0.15) is 29.3 Å². The molecule has 4 unspecified atom stereocenters. The second-order valence-electron chi connectivity index (χ2n) is 9.97. The molecule has 35 heavy (non-hydrogen) atoms. The number of ketones is 4. The van der Waals surface area contributed by atoms with Crippen molar-refractivity contribution in [2.45, 2.75) is 37.5 Å². The average Bonchev–Trinajstić information content (AvgIpc) is 2.77. The van der Waals surface area contributed by atoms with E-state index >= 15 is 0 Å². The summed E-state index contributed by atoms with van der Waals surface area (Å²) in [6.45, 7) is 0.923. The van der Waals surface area contributed by atoms with Gasteiger partial charge >= 0.3 is 0 Å². The van der Waals surface area contributed by atoms with Gasteiger partial charge in [-0.1, -0.05) is 0 Å². The average molecular weight is 490 g/mol. The highest BCUT2D eigenvalue weighted by Gasteiger charge is 2.69. The Balaban J connectivity index is 1.85. The molecule has 3 aliphatic rings. The monoisotopic (exact) mass is 489 g/mol. The van der Waals surface area contributed by atoms with Gasteiger partial charge in [0, 0.05) is 11.6 Å². The largest absolute Gasteiger partial charge is 0.507 e. The highest BCUT2D eigenvalue weighted by Crippen LogP contribution is 2.51. The number of anilines is 1. The van der Waals surface area contributed by atoms with Crippen molar-refractivity contribution in [2.24, 2.45) is 29.4 Å². The van der Waals surface area contributed by atoms with Gasteiger partial charge in [-0.3, -0.25) is 28.9 Å². The lowest BCUT2D eigenvalue weighted by atomic mass is 9.52. The van der Waals surface area contributed by atoms with Gasteiger partial charge in [-0.25, -0.2) is 4.39 Å². The van der Waals surface area contributed by atoms with Gasteiger partial charge in [0.15, 0.2) is 34.7 Å². The lowest BCUT2D eigenvalue weighted by Crippen LogP contribution is -2.74. The van der Waals surface area contributed by atoms with Crippen LogP contribution in [0.2, 0.25) is 0 Å². The topological polar surface area (TPSA) is 167 Å². The molecule has 10 nitrogen and oxygen atoms in total. The van der Waals surface area contributed by atoms with Crippen molar-refractivity contribution in [3.63, 3.8) is 0 Å².